The molecule has 2 aromatic rings. The van der Waals surface area contributed by atoms with Crippen LogP contribution >= 0.6 is 0 Å². The van der Waals surface area contributed by atoms with Crippen LogP contribution in [0.5, 0.6) is 5.75 Å². The number of ether oxygens (including phenoxy) is 1. The summed E-state index contributed by atoms with van der Waals surface area (Å²) >= 11 is 0. The van der Waals surface area contributed by atoms with E-state index in [1.54, 1.807) is 7.11 Å². The summed E-state index contributed by atoms with van der Waals surface area (Å²) in [5.74, 6) is 0.916. The van der Waals surface area contributed by atoms with Crippen molar-refractivity contribution in [3.63, 3.8) is 0 Å². The van der Waals surface area contributed by atoms with Gasteiger partial charge in [-0.05, 0) is 30.2 Å². The zero-order valence-electron chi connectivity index (χ0n) is 11.2. The maximum atomic E-state index is 5.42. The molecule has 0 heterocycles. The quantitative estimate of drug-likeness (QED) is 0.810. The molecule has 2 nitrogen and oxygen atoms in total. The topological polar surface area (TPSA) is 12.5 Å². The molecule has 0 unspecified atom stereocenters. The second kappa shape index (κ2) is 5.58. The van der Waals surface area contributed by atoms with Crippen LogP contribution in [0.15, 0.2) is 48.5 Å². The van der Waals surface area contributed by atoms with E-state index in [2.05, 4.69) is 55.3 Å². The largest absolute Gasteiger partial charge is 0.495 e. The fourth-order valence-corrected chi connectivity index (χ4v) is 2.04. The van der Waals surface area contributed by atoms with Crippen molar-refractivity contribution in [1.29, 1.82) is 0 Å². The number of anilines is 1. The molecule has 0 bridgehead atoms. The summed E-state index contributed by atoms with van der Waals surface area (Å²) < 4.78 is 5.42. The van der Waals surface area contributed by atoms with Gasteiger partial charge in [-0.3, -0.25) is 0 Å². The van der Waals surface area contributed by atoms with Gasteiger partial charge < -0.3 is 9.64 Å². The van der Waals surface area contributed by atoms with Crippen LogP contribution < -0.4 is 9.64 Å². The fourth-order valence-electron chi connectivity index (χ4n) is 2.04. The normalized spacial score (nSPS) is 10.2. The minimum atomic E-state index is 0.876. The molecule has 0 aliphatic carbocycles. The van der Waals surface area contributed by atoms with Crippen molar-refractivity contribution in [2.24, 2.45) is 0 Å². The van der Waals surface area contributed by atoms with Gasteiger partial charge in [0.1, 0.15) is 5.75 Å². The summed E-state index contributed by atoms with van der Waals surface area (Å²) in [6.07, 6.45) is 0. The predicted molar refractivity (Wildman–Crippen MR) is 76.3 cm³/mol. The summed E-state index contributed by atoms with van der Waals surface area (Å²) in [5, 5.41) is 0. The van der Waals surface area contributed by atoms with E-state index in [-0.39, 0.29) is 0 Å². The van der Waals surface area contributed by atoms with E-state index in [1.807, 2.05) is 12.1 Å². The van der Waals surface area contributed by atoms with Gasteiger partial charge in [0, 0.05) is 13.6 Å². The average Bonchev–Trinajstić information content (AvgIpc) is 2.40. The van der Waals surface area contributed by atoms with E-state index in [1.165, 1.54) is 11.1 Å². The van der Waals surface area contributed by atoms with E-state index < -0.39 is 0 Å². The van der Waals surface area contributed by atoms with E-state index >= 15 is 0 Å². The minimum Gasteiger partial charge on any atom is -0.495 e. The predicted octanol–water partition coefficient (Wildman–Crippen LogP) is 3.64. The van der Waals surface area contributed by atoms with E-state index in [4.69, 9.17) is 4.74 Å². The van der Waals surface area contributed by atoms with Crippen LogP contribution in [0.1, 0.15) is 11.1 Å². The molecule has 0 saturated heterocycles. The molecule has 0 spiro atoms. The molecule has 0 N–H and O–H groups in total. The number of hydrogen-bond donors (Lipinski definition) is 0. The fraction of sp³-hybridized carbons (Fsp3) is 0.250. The molecule has 0 aliphatic rings. The molecule has 94 valence electrons. The molecular formula is C16H19NO. The molecule has 0 amide bonds. The number of hydrogen-bond acceptors (Lipinski definition) is 2. The number of benzene rings is 2. The second-order valence-corrected chi connectivity index (χ2v) is 4.52. The van der Waals surface area contributed by atoms with Crippen LogP contribution in [-0.4, -0.2) is 14.2 Å². The van der Waals surface area contributed by atoms with Crippen LogP contribution in [0.4, 0.5) is 5.69 Å². The molecule has 18 heavy (non-hydrogen) atoms. The lowest BCUT2D eigenvalue weighted by Crippen LogP contribution is -2.17. The van der Waals surface area contributed by atoms with E-state index in [9.17, 15) is 0 Å². The zero-order chi connectivity index (χ0) is 13.0. The number of aryl methyl sites for hydroxylation is 1. The Labute approximate surface area is 109 Å². The Morgan fingerprint density at radius 1 is 1.06 bits per heavy atom. The average molecular weight is 241 g/mol. The Hall–Kier alpha value is -1.96. The molecule has 2 rings (SSSR count). The highest BCUT2D eigenvalue weighted by atomic mass is 16.5. The maximum Gasteiger partial charge on any atom is 0.142 e. The van der Waals surface area contributed by atoms with Gasteiger partial charge in [0.05, 0.1) is 12.8 Å². The Kier molecular flexibility index (Phi) is 3.88. The summed E-state index contributed by atoms with van der Waals surface area (Å²) in [4.78, 5) is 2.21. The Balaban J connectivity index is 2.23. The summed E-state index contributed by atoms with van der Waals surface area (Å²) in [6.45, 7) is 2.97. The van der Waals surface area contributed by atoms with Crippen LogP contribution in [0, 0.1) is 6.92 Å². The molecule has 2 aromatic carbocycles. The van der Waals surface area contributed by atoms with Crippen molar-refractivity contribution in [3.8, 4) is 5.75 Å². The molecule has 0 fully saturated rings. The van der Waals surface area contributed by atoms with Crippen LogP contribution in [0.2, 0.25) is 0 Å². The molecule has 2 heteroatoms. The monoisotopic (exact) mass is 241 g/mol. The first-order chi connectivity index (χ1) is 8.70. The lowest BCUT2D eigenvalue weighted by Gasteiger charge is -2.22. The third kappa shape index (κ3) is 2.83. The highest BCUT2D eigenvalue weighted by Crippen LogP contribution is 2.29. The maximum absolute atomic E-state index is 5.42. The first kappa shape index (κ1) is 12.5. The van der Waals surface area contributed by atoms with E-state index in [0.717, 1.165) is 18.0 Å². The SMILES string of the molecule is COc1ccc(C)cc1N(C)Cc1ccccc1. The van der Waals surface area contributed by atoms with Crippen LogP contribution in [0.25, 0.3) is 0 Å². The Bertz CT molecular complexity index is 508. The van der Waals surface area contributed by atoms with E-state index in [0.29, 0.717) is 0 Å². The Morgan fingerprint density at radius 3 is 2.44 bits per heavy atom. The Morgan fingerprint density at radius 2 is 1.78 bits per heavy atom. The smallest absolute Gasteiger partial charge is 0.142 e. The third-order valence-electron chi connectivity index (χ3n) is 3.01. The van der Waals surface area contributed by atoms with Gasteiger partial charge in [-0.2, -0.15) is 0 Å². The van der Waals surface area contributed by atoms with Gasteiger partial charge in [-0.1, -0.05) is 36.4 Å². The first-order valence-corrected chi connectivity index (χ1v) is 6.10. The van der Waals surface area contributed by atoms with Gasteiger partial charge in [0.15, 0.2) is 0 Å². The van der Waals surface area contributed by atoms with Gasteiger partial charge in [-0.25, -0.2) is 0 Å². The molecular weight excluding hydrogens is 222 g/mol. The number of methoxy groups -OCH3 is 1. The summed E-state index contributed by atoms with van der Waals surface area (Å²) in [6, 6.07) is 16.7. The van der Waals surface area contributed by atoms with Gasteiger partial charge in [0.2, 0.25) is 0 Å². The number of rotatable bonds is 4. The van der Waals surface area contributed by atoms with Crippen molar-refractivity contribution >= 4 is 5.69 Å². The summed E-state index contributed by atoms with van der Waals surface area (Å²) in [7, 11) is 3.80. The van der Waals surface area contributed by atoms with Crippen molar-refractivity contribution in [2.75, 3.05) is 19.1 Å². The lowest BCUT2D eigenvalue weighted by molar-refractivity contribution is 0.414. The summed E-state index contributed by atoms with van der Waals surface area (Å²) in [5.41, 5.74) is 3.66. The highest BCUT2D eigenvalue weighted by Gasteiger charge is 2.08. The van der Waals surface area contributed by atoms with Gasteiger partial charge in [0.25, 0.3) is 0 Å². The molecule has 0 radical (unpaired) electrons. The van der Waals surface area contributed by atoms with Gasteiger partial charge >= 0.3 is 0 Å². The molecule has 0 aromatic heterocycles. The van der Waals surface area contributed by atoms with Crippen LogP contribution in [0.3, 0.4) is 0 Å². The van der Waals surface area contributed by atoms with Crippen LogP contribution in [-0.2, 0) is 6.54 Å². The lowest BCUT2D eigenvalue weighted by atomic mass is 10.1. The molecule has 0 atom stereocenters. The highest BCUT2D eigenvalue weighted by molar-refractivity contribution is 5.59. The van der Waals surface area contributed by atoms with Crippen molar-refractivity contribution in [3.05, 3.63) is 59.7 Å². The second-order valence-electron chi connectivity index (χ2n) is 4.52. The van der Waals surface area contributed by atoms with Crippen molar-refractivity contribution < 1.29 is 4.74 Å². The standard InChI is InChI=1S/C16H19NO/c1-13-9-10-16(18-3)15(11-13)17(2)12-14-7-5-4-6-8-14/h4-11H,12H2,1-3H3. The van der Waals surface area contributed by atoms with Crippen molar-refractivity contribution in [1.82, 2.24) is 0 Å². The van der Waals surface area contributed by atoms with Gasteiger partial charge in [-0.15, -0.1) is 0 Å². The zero-order valence-corrected chi connectivity index (χ0v) is 11.2. The third-order valence-corrected chi connectivity index (χ3v) is 3.01. The number of nitrogens with zero attached hydrogens (tertiary/aromatic N) is 1. The molecule has 0 saturated carbocycles. The molecule has 0 aliphatic heterocycles. The first-order valence-electron chi connectivity index (χ1n) is 6.10. The minimum absolute atomic E-state index is 0.876. The van der Waals surface area contributed by atoms with Crippen molar-refractivity contribution in [2.45, 2.75) is 13.5 Å².